The van der Waals surface area contributed by atoms with Crippen LogP contribution in [0, 0.1) is 6.92 Å². The smallest absolute Gasteiger partial charge is 0.0925 e. The fourth-order valence-electron chi connectivity index (χ4n) is 2.11. The lowest BCUT2D eigenvalue weighted by atomic mass is 10.0. The molecule has 19 heavy (non-hydrogen) atoms. The number of benzene rings is 1. The summed E-state index contributed by atoms with van der Waals surface area (Å²) >= 11 is 1.81. The molecule has 1 heterocycles. The van der Waals surface area contributed by atoms with E-state index in [0.717, 1.165) is 19.4 Å². The lowest BCUT2D eigenvalue weighted by Gasteiger charge is -2.14. The van der Waals surface area contributed by atoms with Crippen LogP contribution in [-0.2, 0) is 19.4 Å². The monoisotopic (exact) mass is 274 g/mol. The highest BCUT2D eigenvalue weighted by molar-refractivity contribution is 7.11. The number of aromatic nitrogens is 1. The molecular weight excluding hydrogens is 252 g/mol. The van der Waals surface area contributed by atoms with E-state index in [0.29, 0.717) is 6.04 Å². The summed E-state index contributed by atoms with van der Waals surface area (Å²) in [5.74, 6) is 0. The lowest BCUT2D eigenvalue weighted by molar-refractivity contribution is 0.547. The van der Waals surface area contributed by atoms with Gasteiger partial charge in [-0.15, -0.1) is 11.3 Å². The molecule has 1 N–H and O–H groups in total. The molecule has 1 aromatic carbocycles. The first-order valence-electron chi connectivity index (χ1n) is 6.90. The Kier molecular flexibility index (Phi) is 5.11. The van der Waals surface area contributed by atoms with E-state index in [9.17, 15) is 0 Å². The standard InChI is InChI=1S/C16H22N2S/c1-4-16-18-11-15(19-16)10-17-13(3)9-14-8-6-5-7-12(14)2/h5-8,11,13,17H,4,9-10H2,1-3H3. The van der Waals surface area contributed by atoms with Gasteiger partial charge in [-0.25, -0.2) is 4.98 Å². The highest BCUT2D eigenvalue weighted by atomic mass is 32.1. The number of hydrogen-bond acceptors (Lipinski definition) is 3. The molecule has 0 aliphatic carbocycles. The molecule has 0 fully saturated rings. The molecule has 1 aromatic heterocycles. The summed E-state index contributed by atoms with van der Waals surface area (Å²) in [5.41, 5.74) is 2.81. The lowest BCUT2D eigenvalue weighted by Crippen LogP contribution is -2.27. The number of nitrogens with zero attached hydrogens (tertiary/aromatic N) is 1. The van der Waals surface area contributed by atoms with Gasteiger partial charge in [-0.1, -0.05) is 31.2 Å². The molecule has 0 radical (unpaired) electrons. The van der Waals surface area contributed by atoms with Gasteiger partial charge in [0.05, 0.1) is 5.01 Å². The zero-order chi connectivity index (χ0) is 13.7. The SMILES string of the molecule is CCc1ncc(CNC(C)Cc2ccccc2C)s1. The van der Waals surface area contributed by atoms with Crippen LogP contribution in [0.4, 0.5) is 0 Å². The molecule has 1 unspecified atom stereocenters. The molecule has 0 spiro atoms. The van der Waals surface area contributed by atoms with Crippen LogP contribution < -0.4 is 5.32 Å². The van der Waals surface area contributed by atoms with Crippen molar-refractivity contribution in [3.05, 3.63) is 51.5 Å². The molecule has 2 nitrogen and oxygen atoms in total. The van der Waals surface area contributed by atoms with Gasteiger partial charge in [-0.3, -0.25) is 0 Å². The molecule has 2 rings (SSSR count). The van der Waals surface area contributed by atoms with E-state index in [-0.39, 0.29) is 0 Å². The Balaban J connectivity index is 1.84. The van der Waals surface area contributed by atoms with Crippen molar-refractivity contribution in [3.63, 3.8) is 0 Å². The Morgan fingerprint density at radius 1 is 1.32 bits per heavy atom. The average Bonchev–Trinajstić information content (AvgIpc) is 2.87. The maximum Gasteiger partial charge on any atom is 0.0925 e. The van der Waals surface area contributed by atoms with Crippen molar-refractivity contribution in [1.82, 2.24) is 10.3 Å². The molecular formula is C16H22N2S. The summed E-state index contributed by atoms with van der Waals surface area (Å²) < 4.78 is 0. The molecule has 3 heteroatoms. The number of rotatable bonds is 6. The Hall–Kier alpha value is -1.19. The van der Waals surface area contributed by atoms with Crippen LogP contribution >= 0.6 is 11.3 Å². The minimum Gasteiger partial charge on any atom is -0.309 e. The largest absolute Gasteiger partial charge is 0.309 e. The maximum absolute atomic E-state index is 4.39. The van der Waals surface area contributed by atoms with Gasteiger partial charge in [0.1, 0.15) is 0 Å². The number of hydrogen-bond donors (Lipinski definition) is 1. The zero-order valence-electron chi connectivity index (χ0n) is 11.9. The summed E-state index contributed by atoms with van der Waals surface area (Å²) in [6, 6.07) is 9.09. The summed E-state index contributed by atoms with van der Waals surface area (Å²) in [6.45, 7) is 7.49. The summed E-state index contributed by atoms with van der Waals surface area (Å²) in [4.78, 5) is 5.72. The van der Waals surface area contributed by atoms with E-state index in [1.54, 1.807) is 0 Å². The third-order valence-electron chi connectivity index (χ3n) is 3.32. The molecule has 0 saturated carbocycles. The molecule has 0 bridgehead atoms. The van der Waals surface area contributed by atoms with Gasteiger partial charge in [0.2, 0.25) is 0 Å². The van der Waals surface area contributed by atoms with Crippen LogP contribution in [0.3, 0.4) is 0 Å². The predicted molar refractivity (Wildman–Crippen MR) is 82.7 cm³/mol. The Morgan fingerprint density at radius 2 is 2.11 bits per heavy atom. The van der Waals surface area contributed by atoms with Crippen LogP contribution in [0.1, 0.15) is 34.9 Å². The molecule has 102 valence electrons. The highest BCUT2D eigenvalue weighted by Gasteiger charge is 2.06. The van der Waals surface area contributed by atoms with Crippen LogP contribution in [0.25, 0.3) is 0 Å². The Labute approximate surface area is 119 Å². The van der Waals surface area contributed by atoms with E-state index >= 15 is 0 Å². The fourth-order valence-corrected chi connectivity index (χ4v) is 2.92. The van der Waals surface area contributed by atoms with Gasteiger partial charge >= 0.3 is 0 Å². The second kappa shape index (κ2) is 6.83. The third-order valence-corrected chi connectivity index (χ3v) is 4.46. The van der Waals surface area contributed by atoms with Crippen molar-refractivity contribution < 1.29 is 0 Å². The van der Waals surface area contributed by atoms with Crippen molar-refractivity contribution in [3.8, 4) is 0 Å². The first-order chi connectivity index (χ1) is 9.19. The second-order valence-electron chi connectivity index (χ2n) is 4.99. The Bertz CT molecular complexity index is 519. The van der Waals surface area contributed by atoms with Gasteiger partial charge < -0.3 is 5.32 Å². The Morgan fingerprint density at radius 3 is 2.79 bits per heavy atom. The topological polar surface area (TPSA) is 24.9 Å². The van der Waals surface area contributed by atoms with E-state index < -0.39 is 0 Å². The van der Waals surface area contributed by atoms with E-state index in [2.05, 4.69) is 55.3 Å². The molecule has 0 aliphatic rings. The van der Waals surface area contributed by atoms with Crippen molar-refractivity contribution in [2.75, 3.05) is 0 Å². The maximum atomic E-state index is 4.39. The van der Waals surface area contributed by atoms with Gasteiger partial charge in [0.25, 0.3) is 0 Å². The summed E-state index contributed by atoms with van der Waals surface area (Å²) in [7, 11) is 0. The first-order valence-corrected chi connectivity index (χ1v) is 7.72. The van der Waals surface area contributed by atoms with Crippen molar-refractivity contribution >= 4 is 11.3 Å². The second-order valence-corrected chi connectivity index (χ2v) is 6.19. The molecule has 2 aromatic rings. The van der Waals surface area contributed by atoms with Gasteiger partial charge in [-0.2, -0.15) is 0 Å². The first kappa shape index (κ1) is 14.2. The number of nitrogens with one attached hydrogen (secondary N) is 1. The molecule has 0 aliphatic heterocycles. The average molecular weight is 274 g/mol. The van der Waals surface area contributed by atoms with Crippen LogP contribution in [0.15, 0.2) is 30.5 Å². The molecule has 0 amide bonds. The van der Waals surface area contributed by atoms with E-state index in [4.69, 9.17) is 0 Å². The van der Waals surface area contributed by atoms with Crippen molar-refractivity contribution in [1.29, 1.82) is 0 Å². The van der Waals surface area contributed by atoms with Gasteiger partial charge in [-0.05, 0) is 37.8 Å². The van der Waals surface area contributed by atoms with Gasteiger partial charge in [0, 0.05) is 23.7 Å². The van der Waals surface area contributed by atoms with Crippen LogP contribution in [-0.4, -0.2) is 11.0 Å². The fraction of sp³-hybridized carbons (Fsp3) is 0.438. The number of thiazole rings is 1. The third kappa shape index (κ3) is 4.15. The minimum atomic E-state index is 0.480. The van der Waals surface area contributed by atoms with E-state index in [1.165, 1.54) is 21.0 Å². The number of aryl methyl sites for hydroxylation is 2. The minimum absolute atomic E-state index is 0.480. The quantitative estimate of drug-likeness (QED) is 0.868. The van der Waals surface area contributed by atoms with Crippen molar-refractivity contribution in [2.45, 2.75) is 46.2 Å². The van der Waals surface area contributed by atoms with E-state index in [1.807, 2.05) is 17.5 Å². The normalized spacial score (nSPS) is 12.6. The van der Waals surface area contributed by atoms with Crippen molar-refractivity contribution in [2.24, 2.45) is 0 Å². The predicted octanol–water partition coefficient (Wildman–Crippen LogP) is 3.73. The van der Waals surface area contributed by atoms with Gasteiger partial charge in [0.15, 0.2) is 0 Å². The molecule has 0 saturated heterocycles. The summed E-state index contributed by atoms with van der Waals surface area (Å²) in [5, 5.41) is 4.81. The zero-order valence-corrected chi connectivity index (χ0v) is 12.8. The van der Waals surface area contributed by atoms with Crippen LogP contribution in [0.2, 0.25) is 0 Å². The highest BCUT2D eigenvalue weighted by Crippen LogP contribution is 2.14. The summed E-state index contributed by atoms with van der Waals surface area (Å²) in [6.07, 6.45) is 4.10. The van der Waals surface area contributed by atoms with Crippen LogP contribution in [0.5, 0.6) is 0 Å². The molecule has 1 atom stereocenters.